The zero-order valence-corrected chi connectivity index (χ0v) is 11.9. The summed E-state index contributed by atoms with van der Waals surface area (Å²) in [6, 6.07) is 11.7. The molecule has 0 saturated carbocycles. The van der Waals surface area contributed by atoms with E-state index in [1.54, 1.807) is 14.2 Å². The van der Waals surface area contributed by atoms with Crippen molar-refractivity contribution in [3.05, 3.63) is 42.0 Å². The second-order valence-corrected chi connectivity index (χ2v) is 4.62. The van der Waals surface area contributed by atoms with Gasteiger partial charge in [-0.1, -0.05) is 5.21 Å². The number of anilines is 1. The summed E-state index contributed by atoms with van der Waals surface area (Å²) < 4.78 is 10.5. The molecule has 0 amide bonds. The first-order valence-corrected chi connectivity index (χ1v) is 6.55. The molecule has 0 spiro atoms. The lowest BCUT2D eigenvalue weighted by molar-refractivity contribution is 0.393. The van der Waals surface area contributed by atoms with Crippen molar-refractivity contribution in [3.8, 4) is 11.5 Å². The molecule has 0 bridgehead atoms. The van der Waals surface area contributed by atoms with Crippen molar-refractivity contribution in [3.63, 3.8) is 0 Å². The highest BCUT2D eigenvalue weighted by Crippen LogP contribution is 2.23. The van der Waals surface area contributed by atoms with Crippen molar-refractivity contribution < 1.29 is 9.47 Å². The largest absolute Gasteiger partial charge is 0.497 e. The van der Waals surface area contributed by atoms with E-state index in [4.69, 9.17) is 9.47 Å². The van der Waals surface area contributed by atoms with Crippen molar-refractivity contribution in [1.82, 2.24) is 15.4 Å². The summed E-state index contributed by atoms with van der Waals surface area (Å²) in [5, 5.41) is 14.0. The highest BCUT2D eigenvalue weighted by atomic mass is 16.5. The molecule has 0 radical (unpaired) electrons. The molecular formula is C15H16N4O2. The molecule has 0 aliphatic heterocycles. The topological polar surface area (TPSA) is 72.1 Å². The van der Waals surface area contributed by atoms with Crippen LogP contribution in [0.1, 0.15) is 5.56 Å². The van der Waals surface area contributed by atoms with Gasteiger partial charge in [-0.15, -0.1) is 5.10 Å². The third kappa shape index (κ3) is 2.89. The molecule has 2 aromatic carbocycles. The number of benzene rings is 2. The first-order chi connectivity index (χ1) is 10.3. The van der Waals surface area contributed by atoms with Crippen LogP contribution in [0.2, 0.25) is 0 Å². The van der Waals surface area contributed by atoms with Crippen molar-refractivity contribution in [2.24, 2.45) is 0 Å². The number of hydrogen-bond acceptors (Lipinski definition) is 5. The summed E-state index contributed by atoms with van der Waals surface area (Å²) in [6.45, 7) is 0.664. The number of hydrogen-bond donors (Lipinski definition) is 2. The summed E-state index contributed by atoms with van der Waals surface area (Å²) in [4.78, 5) is 0. The van der Waals surface area contributed by atoms with Gasteiger partial charge in [-0.05, 0) is 35.9 Å². The van der Waals surface area contributed by atoms with Gasteiger partial charge in [0.25, 0.3) is 0 Å². The first kappa shape index (κ1) is 13.2. The Hall–Kier alpha value is -2.76. The molecule has 3 aromatic rings. The lowest BCUT2D eigenvalue weighted by Crippen LogP contribution is -2.00. The fraction of sp³-hybridized carbons (Fsp3) is 0.200. The first-order valence-electron chi connectivity index (χ1n) is 6.55. The molecule has 6 nitrogen and oxygen atoms in total. The van der Waals surface area contributed by atoms with Gasteiger partial charge in [-0.3, -0.25) is 5.10 Å². The highest BCUT2D eigenvalue weighted by Gasteiger charge is 2.03. The van der Waals surface area contributed by atoms with Crippen LogP contribution >= 0.6 is 0 Å². The number of nitrogens with one attached hydrogen (secondary N) is 2. The van der Waals surface area contributed by atoms with E-state index < -0.39 is 0 Å². The zero-order chi connectivity index (χ0) is 14.7. The molecule has 0 aliphatic carbocycles. The summed E-state index contributed by atoms with van der Waals surface area (Å²) >= 11 is 0. The van der Waals surface area contributed by atoms with Gasteiger partial charge in [0.2, 0.25) is 0 Å². The minimum Gasteiger partial charge on any atom is -0.497 e. The maximum atomic E-state index is 5.27. The number of fused-ring (bicyclic) bond motifs is 1. The molecule has 0 unspecified atom stereocenters. The fourth-order valence-electron chi connectivity index (χ4n) is 2.12. The minimum absolute atomic E-state index is 0.664. The summed E-state index contributed by atoms with van der Waals surface area (Å²) in [6.07, 6.45) is 0. The van der Waals surface area contributed by atoms with Crippen LogP contribution in [0.25, 0.3) is 11.0 Å². The van der Waals surface area contributed by atoms with Crippen molar-refractivity contribution in [1.29, 1.82) is 0 Å². The van der Waals surface area contributed by atoms with Gasteiger partial charge in [0.05, 0.1) is 19.7 Å². The van der Waals surface area contributed by atoms with Crippen LogP contribution in [0, 0.1) is 0 Å². The van der Waals surface area contributed by atoms with Gasteiger partial charge in [0.15, 0.2) is 0 Å². The number of rotatable bonds is 5. The predicted octanol–water partition coefficient (Wildman–Crippen LogP) is 2.59. The Kier molecular flexibility index (Phi) is 3.59. The van der Waals surface area contributed by atoms with Gasteiger partial charge in [0, 0.05) is 18.3 Å². The van der Waals surface area contributed by atoms with Gasteiger partial charge >= 0.3 is 0 Å². The Morgan fingerprint density at radius 2 is 1.81 bits per heavy atom. The van der Waals surface area contributed by atoms with Crippen molar-refractivity contribution >= 4 is 16.7 Å². The van der Waals surface area contributed by atoms with Gasteiger partial charge in [0.1, 0.15) is 17.0 Å². The van der Waals surface area contributed by atoms with E-state index in [1.165, 1.54) is 0 Å². The zero-order valence-electron chi connectivity index (χ0n) is 11.9. The molecule has 2 N–H and O–H groups in total. The second kappa shape index (κ2) is 5.70. The molecule has 1 heterocycles. The molecule has 108 valence electrons. The molecule has 0 fully saturated rings. The van der Waals surface area contributed by atoms with Crippen LogP contribution < -0.4 is 14.8 Å². The normalized spacial score (nSPS) is 10.6. The summed E-state index contributed by atoms with van der Waals surface area (Å²) in [7, 11) is 3.29. The Morgan fingerprint density at radius 1 is 1.05 bits per heavy atom. The summed E-state index contributed by atoms with van der Waals surface area (Å²) in [5.74, 6) is 1.55. The van der Waals surface area contributed by atoms with E-state index in [1.807, 2.05) is 36.4 Å². The molecular weight excluding hydrogens is 268 g/mol. The van der Waals surface area contributed by atoms with Crippen LogP contribution in [0.15, 0.2) is 36.4 Å². The number of ether oxygens (including phenoxy) is 2. The maximum absolute atomic E-state index is 5.27. The third-order valence-electron chi connectivity index (χ3n) is 3.23. The third-order valence-corrected chi connectivity index (χ3v) is 3.23. The van der Waals surface area contributed by atoms with Gasteiger partial charge < -0.3 is 14.8 Å². The Bertz CT molecular complexity index is 732. The van der Waals surface area contributed by atoms with E-state index in [-0.39, 0.29) is 0 Å². The van der Waals surface area contributed by atoms with Crippen LogP contribution in [0.3, 0.4) is 0 Å². The van der Waals surface area contributed by atoms with Crippen LogP contribution in [0.5, 0.6) is 11.5 Å². The van der Waals surface area contributed by atoms with E-state index in [9.17, 15) is 0 Å². The number of nitrogens with zero attached hydrogens (tertiary/aromatic N) is 2. The van der Waals surface area contributed by atoms with E-state index >= 15 is 0 Å². The smallest absolute Gasteiger partial charge is 0.122 e. The highest BCUT2D eigenvalue weighted by molar-refractivity contribution is 5.77. The molecule has 21 heavy (non-hydrogen) atoms. The number of H-pyrrole nitrogens is 1. The SMILES string of the molecule is COc1cc(CNc2ccc3[nH]nnc3c2)cc(OC)c1. The number of methoxy groups -OCH3 is 2. The Balaban J connectivity index is 1.77. The average Bonchev–Trinajstić information content (AvgIpc) is 3.00. The predicted molar refractivity (Wildman–Crippen MR) is 80.8 cm³/mol. The monoisotopic (exact) mass is 284 g/mol. The Labute approximate surface area is 122 Å². The van der Waals surface area contributed by atoms with Crippen LogP contribution in [-0.2, 0) is 6.54 Å². The fourth-order valence-corrected chi connectivity index (χ4v) is 2.12. The summed E-state index contributed by atoms with van der Waals surface area (Å²) in [5.41, 5.74) is 3.82. The quantitative estimate of drug-likeness (QED) is 0.753. The molecule has 6 heteroatoms. The van der Waals surface area contributed by atoms with Gasteiger partial charge in [-0.25, -0.2) is 0 Å². The van der Waals surface area contributed by atoms with E-state index in [0.717, 1.165) is 33.8 Å². The van der Waals surface area contributed by atoms with Crippen molar-refractivity contribution in [2.75, 3.05) is 19.5 Å². The number of aromatic amines is 1. The molecule has 0 aliphatic rings. The molecule has 1 aromatic heterocycles. The standard InChI is InChI=1S/C15H16N4O2/c1-20-12-5-10(6-13(8-12)21-2)9-16-11-3-4-14-15(7-11)18-19-17-14/h3-8,16H,9H2,1-2H3,(H,17,18,19). The van der Waals surface area contributed by atoms with Crippen LogP contribution in [-0.4, -0.2) is 29.6 Å². The van der Waals surface area contributed by atoms with E-state index in [2.05, 4.69) is 20.7 Å². The second-order valence-electron chi connectivity index (χ2n) is 4.62. The molecule has 0 saturated heterocycles. The maximum Gasteiger partial charge on any atom is 0.122 e. The molecule has 3 rings (SSSR count). The van der Waals surface area contributed by atoms with Crippen molar-refractivity contribution in [2.45, 2.75) is 6.54 Å². The Morgan fingerprint density at radius 3 is 2.52 bits per heavy atom. The van der Waals surface area contributed by atoms with Crippen LogP contribution in [0.4, 0.5) is 5.69 Å². The average molecular weight is 284 g/mol. The lowest BCUT2D eigenvalue weighted by atomic mass is 10.2. The number of aromatic nitrogens is 3. The lowest BCUT2D eigenvalue weighted by Gasteiger charge is -2.10. The molecule has 0 atom stereocenters. The van der Waals surface area contributed by atoms with E-state index in [0.29, 0.717) is 6.54 Å². The van der Waals surface area contributed by atoms with Gasteiger partial charge in [-0.2, -0.15) is 0 Å². The minimum atomic E-state index is 0.664.